The molecule has 2 fully saturated rings. The quantitative estimate of drug-likeness (QED) is 0.440. The molecule has 2 aliphatic heterocycles. The molecule has 9 nitrogen and oxygen atoms in total. The van der Waals surface area contributed by atoms with Crippen LogP contribution in [0.1, 0.15) is 24.2 Å². The summed E-state index contributed by atoms with van der Waals surface area (Å²) in [4.78, 5) is 23.7. The average molecular weight is 446 g/mol. The van der Waals surface area contributed by atoms with E-state index in [1.54, 1.807) is 25.5 Å². The number of aromatic amines is 1. The summed E-state index contributed by atoms with van der Waals surface area (Å²) in [6.07, 6.45) is 5.70. The largest absolute Gasteiger partial charge is 0.421 e. The first-order valence-electron chi connectivity index (χ1n) is 11.2. The molecule has 1 saturated heterocycles. The molecule has 168 valence electrons. The van der Waals surface area contributed by atoms with Crippen LogP contribution in [0.3, 0.4) is 0 Å². The Morgan fingerprint density at radius 1 is 1.21 bits per heavy atom. The van der Waals surface area contributed by atoms with Crippen LogP contribution < -0.4 is 20.7 Å². The van der Waals surface area contributed by atoms with Gasteiger partial charge in [0.1, 0.15) is 23.1 Å². The van der Waals surface area contributed by atoms with Crippen LogP contribution >= 0.6 is 0 Å². The third-order valence-electron chi connectivity index (χ3n) is 7.52. The third-order valence-corrected chi connectivity index (χ3v) is 7.52. The van der Waals surface area contributed by atoms with E-state index in [-0.39, 0.29) is 30.0 Å². The van der Waals surface area contributed by atoms with Gasteiger partial charge in [0, 0.05) is 36.1 Å². The van der Waals surface area contributed by atoms with E-state index in [0.29, 0.717) is 40.8 Å². The maximum absolute atomic E-state index is 15.4. The van der Waals surface area contributed by atoms with Gasteiger partial charge < -0.3 is 25.7 Å². The van der Waals surface area contributed by atoms with Gasteiger partial charge in [-0.15, -0.1) is 0 Å². The number of H-pyrrole nitrogens is 1. The lowest BCUT2D eigenvalue weighted by molar-refractivity contribution is 0.372. The van der Waals surface area contributed by atoms with Crippen LogP contribution in [-0.2, 0) is 6.42 Å². The summed E-state index contributed by atoms with van der Waals surface area (Å²) in [6.45, 7) is 1.81. The van der Waals surface area contributed by atoms with Gasteiger partial charge in [-0.25, -0.2) is 14.4 Å². The summed E-state index contributed by atoms with van der Waals surface area (Å²) in [5, 5.41) is 4.79. The van der Waals surface area contributed by atoms with E-state index in [0.717, 1.165) is 34.9 Å². The number of fused-ring (bicyclic) bond motifs is 6. The molecule has 4 unspecified atom stereocenters. The van der Waals surface area contributed by atoms with E-state index < -0.39 is 0 Å². The van der Waals surface area contributed by atoms with E-state index in [1.807, 2.05) is 6.92 Å². The Morgan fingerprint density at radius 3 is 2.82 bits per heavy atom. The average Bonchev–Trinajstić information content (AvgIpc) is 3.43. The first kappa shape index (κ1) is 19.0. The number of benzene rings is 1. The van der Waals surface area contributed by atoms with Gasteiger partial charge in [0.2, 0.25) is 0 Å². The number of hydrogen-bond acceptors (Lipinski definition) is 8. The topological polar surface area (TPSA) is 118 Å². The van der Waals surface area contributed by atoms with E-state index in [2.05, 4.69) is 30.2 Å². The predicted molar refractivity (Wildman–Crippen MR) is 122 cm³/mol. The summed E-state index contributed by atoms with van der Waals surface area (Å²) < 4.78 is 21.4. The van der Waals surface area contributed by atoms with Crippen molar-refractivity contribution in [2.75, 3.05) is 17.3 Å². The smallest absolute Gasteiger partial charge is 0.326 e. The van der Waals surface area contributed by atoms with Crippen molar-refractivity contribution in [2.45, 2.75) is 44.3 Å². The van der Waals surface area contributed by atoms with Crippen LogP contribution in [0.25, 0.3) is 21.9 Å². The molecule has 0 radical (unpaired) electrons. The van der Waals surface area contributed by atoms with Crippen LogP contribution in [0.5, 0.6) is 11.8 Å². The molecule has 2 bridgehead atoms. The number of nitrogens with zero attached hydrogens (tertiary/aromatic N) is 5. The zero-order chi connectivity index (χ0) is 22.4. The van der Waals surface area contributed by atoms with Gasteiger partial charge in [-0.1, -0.05) is 0 Å². The Kier molecular flexibility index (Phi) is 3.74. The molecule has 33 heavy (non-hydrogen) atoms. The fourth-order valence-electron chi connectivity index (χ4n) is 6.14. The van der Waals surface area contributed by atoms with Crippen molar-refractivity contribution < 1.29 is 9.13 Å². The number of nitrogens with two attached hydrogens (primary N) is 1. The molecule has 7 rings (SSSR count). The van der Waals surface area contributed by atoms with E-state index in [9.17, 15) is 0 Å². The lowest BCUT2D eigenvalue weighted by Crippen LogP contribution is -2.49. The minimum Gasteiger partial charge on any atom is -0.421 e. The van der Waals surface area contributed by atoms with E-state index in [4.69, 9.17) is 15.5 Å². The van der Waals surface area contributed by atoms with E-state index >= 15 is 4.39 Å². The normalized spacial score (nSPS) is 25.2. The highest BCUT2D eigenvalue weighted by Gasteiger charge is 2.52. The Balaban J connectivity index is 1.50. The molecular formula is C23H23FN8O. The van der Waals surface area contributed by atoms with Gasteiger partial charge in [-0.2, -0.15) is 9.97 Å². The number of hydrogen-bond donors (Lipinski definition) is 3. The molecule has 4 aromatic rings. The van der Waals surface area contributed by atoms with Gasteiger partial charge in [-0.3, -0.25) is 0 Å². The van der Waals surface area contributed by atoms with Crippen LogP contribution in [0.4, 0.5) is 15.9 Å². The summed E-state index contributed by atoms with van der Waals surface area (Å²) in [6, 6.07) is 2.26. The maximum Gasteiger partial charge on any atom is 0.326 e. The number of ether oxygens (including phenoxy) is 1. The monoisotopic (exact) mass is 446 g/mol. The van der Waals surface area contributed by atoms with Gasteiger partial charge >= 0.3 is 6.01 Å². The minimum absolute atomic E-state index is 0.0953. The van der Waals surface area contributed by atoms with Crippen LogP contribution in [0, 0.1) is 18.7 Å². The molecule has 0 spiro atoms. The molecule has 4 atom stereocenters. The van der Waals surface area contributed by atoms with Crippen molar-refractivity contribution in [1.29, 1.82) is 0 Å². The Labute approximate surface area is 188 Å². The third kappa shape index (κ3) is 2.55. The zero-order valence-corrected chi connectivity index (χ0v) is 18.3. The molecule has 5 heterocycles. The van der Waals surface area contributed by atoms with Gasteiger partial charge in [-0.05, 0) is 38.2 Å². The highest BCUT2D eigenvalue weighted by molar-refractivity contribution is 6.16. The van der Waals surface area contributed by atoms with Gasteiger partial charge in [0.05, 0.1) is 29.0 Å². The highest BCUT2D eigenvalue weighted by atomic mass is 19.1. The van der Waals surface area contributed by atoms with Crippen molar-refractivity contribution in [2.24, 2.45) is 11.7 Å². The number of aromatic nitrogens is 5. The second-order valence-corrected chi connectivity index (χ2v) is 9.26. The minimum atomic E-state index is -0.214. The fraction of sp³-hybridized carbons (Fsp3) is 0.391. The summed E-state index contributed by atoms with van der Waals surface area (Å²) in [7, 11) is 1.79. The molecule has 1 aromatic carbocycles. The Morgan fingerprint density at radius 2 is 2.03 bits per heavy atom. The molecule has 3 aromatic heterocycles. The standard InChI is InChI=1S/C23H23FN8O/c1-9-27-7-11(8-28-9)33-23-30-21-19-18-12(14(24)6-16(26-2)20(18)29-21)5-17-13-3-10(4-15(13)25)32(17)22(19)31-23/h6-8,10,13,15,17,26H,3-5,25H2,1-2H3,(H,29,30,31). The van der Waals surface area contributed by atoms with Crippen LogP contribution in [0.2, 0.25) is 0 Å². The molecule has 1 saturated carbocycles. The predicted octanol–water partition coefficient (Wildman–Crippen LogP) is 3.03. The SMILES string of the molecule is CNc1cc(F)c2c3c1[nH]c1nc(Oc4cnc(C)nc4)nc(c13)N1C3CC(N)C(C3)C1C2. The molecule has 1 aliphatic carbocycles. The molecule has 4 N–H and O–H groups in total. The molecule has 3 aliphatic rings. The first-order valence-corrected chi connectivity index (χ1v) is 11.2. The second-order valence-electron chi connectivity index (χ2n) is 9.26. The fourth-order valence-corrected chi connectivity index (χ4v) is 6.14. The number of nitrogens with one attached hydrogen (secondary N) is 2. The summed E-state index contributed by atoms with van der Waals surface area (Å²) in [5.41, 5.74) is 9.31. The molecule has 10 heteroatoms. The van der Waals surface area contributed by atoms with Crippen LogP contribution in [0.15, 0.2) is 18.5 Å². The lowest BCUT2D eigenvalue weighted by Gasteiger charge is -2.38. The van der Waals surface area contributed by atoms with Gasteiger partial charge in [0.25, 0.3) is 0 Å². The van der Waals surface area contributed by atoms with Crippen LogP contribution in [-0.4, -0.2) is 50.1 Å². The first-order chi connectivity index (χ1) is 16.0. The van der Waals surface area contributed by atoms with Crippen molar-refractivity contribution in [1.82, 2.24) is 24.9 Å². The van der Waals surface area contributed by atoms with Crippen molar-refractivity contribution in [3.63, 3.8) is 0 Å². The second kappa shape index (κ2) is 6.50. The van der Waals surface area contributed by atoms with Crippen molar-refractivity contribution in [3.8, 4) is 11.8 Å². The summed E-state index contributed by atoms with van der Waals surface area (Å²) >= 11 is 0. The number of piperidine rings is 1. The van der Waals surface area contributed by atoms with Crippen molar-refractivity contribution >= 4 is 33.4 Å². The number of halogens is 1. The highest BCUT2D eigenvalue weighted by Crippen LogP contribution is 2.51. The van der Waals surface area contributed by atoms with Gasteiger partial charge in [0.15, 0.2) is 5.75 Å². The number of rotatable bonds is 3. The maximum atomic E-state index is 15.4. The molecular weight excluding hydrogens is 423 g/mol. The Hall–Kier alpha value is -3.53. The number of aryl methyl sites for hydroxylation is 1. The van der Waals surface area contributed by atoms with Crippen molar-refractivity contribution in [3.05, 3.63) is 35.7 Å². The summed E-state index contributed by atoms with van der Waals surface area (Å²) in [5.74, 6) is 1.99. The zero-order valence-electron chi connectivity index (χ0n) is 18.3. The lowest BCUT2D eigenvalue weighted by atomic mass is 9.89. The number of anilines is 2. The molecule has 0 amide bonds. The Bertz CT molecular complexity index is 1430. The van der Waals surface area contributed by atoms with E-state index in [1.165, 1.54) is 0 Å².